The lowest BCUT2D eigenvalue weighted by Crippen LogP contribution is -2.29. The summed E-state index contributed by atoms with van der Waals surface area (Å²) in [6.45, 7) is 3.12. The molecule has 1 rings (SSSR count). The maximum absolute atomic E-state index is 13.7. The van der Waals surface area contributed by atoms with E-state index in [4.69, 9.17) is 5.84 Å². The molecular formula is C13H20F2N2O2S. The van der Waals surface area contributed by atoms with Crippen LogP contribution in [0.5, 0.6) is 0 Å². The van der Waals surface area contributed by atoms with Gasteiger partial charge in [0.15, 0.2) is 0 Å². The van der Waals surface area contributed by atoms with Crippen LogP contribution in [0, 0.1) is 18.6 Å². The number of halogens is 2. The van der Waals surface area contributed by atoms with Gasteiger partial charge in [0.25, 0.3) is 0 Å². The number of hydrogen-bond acceptors (Lipinski definition) is 4. The van der Waals surface area contributed by atoms with Crippen LogP contribution in [-0.4, -0.2) is 19.9 Å². The summed E-state index contributed by atoms with van der Waals surface area (Å²) in [5.41, 5.74) is 3.03. The Kier molecular flexibility index (Phi) is 6.04. The fraction of sp³-hybridized carbons (Fsp3) is 0.538. The Morgan fingerprint density at radius 3 is 2.50 bits per heavy atom. The van der Waals surface area contributed by atoms with Crippen LogP contribution in [0.15, 0.2) is 12.1 Å². The second-order valence-corrected chi connectivity index (χ2v) is 7.19. The van der Waals surface area contributed by atoms with E-state index in [0.717, 1.165) is 6.07 Å². The SMILES string of the molecule is CCS(=O)(=O)CCCC(NN)c1cc(C)c(F)cc1F. The molecule has 0 aliphatic heterocycles. The number of benzene rings is 1. The quantitative estimate of drug-likeness (QED) is 0.597. The summed E-state index contributed by atoms with van der Waals surface area (Å²) in [5, 5.41) is 0. The Morgan fingerprint density at radius 1 is 1.30 bits per heavy atom. The minimum Gasteiger partial charge on any atom is -0.271 e. The molecule has 0 saturated heterocycles. The van der Waals surface area contributed by atoms with Gasteiger partial charge in [0, 0.05) is 23.4 Å². The van der Waals surface area contributed by atoms with E-state index < -0.39 is 27.5 Å². The molecular weight excluding hydrogens is 286 g/mol. The number of hydrazine groups is 1. The molecule has 3 N–H and O–H groups in total. The molecule has 0 aliphatic rings. The zero-order valence-electron chi connectivity index (χ0n) is 11.6. The molecule has 114 valence electrons. The van der Waals surface area contributed by atoms with Gasteiger partial charge in [-0.25, -0.2) is 17.2 Å². The summed E-state index contributed by atoms with van der Waals surface area (Å²) < 4.78 is 49.7. The van der Waals surface area contributed by atoms with Gasteiger partial charge in [-0.1, -0.05) is 6.92 Å². The van der Waals surface area contributed by atoms with Crippen molar-refractivity contribution in [3.8, 4) is 0 Å². The highest BCUT2D eigenvalue weighted by atomic mass is 32.2. The monoisotopic (exact) mass is 306 g/mol. The van der Waals surface area contributed by atoms with Crippen LogP contribution in [0.2, 0.25) is 0 Å². The fourth-order valence-electron chi connectivity index (χ4n) is 1.93. The third-order valence-corrected chi connectivity index (χ3v) is 5.03. The Balaban J connectivity index is 2.79. The molecule has 0 heterocycles. The maximum Gasteiger partial charge on any atom is 0.150 e. The van der Waals surface area contributed by atoms with Crippen molar-refractivity contribution in [1.29, 1.82) is 0 Å². The first-order chi connectivity index (χ1) is 9.30. The van der Waals surface area contributed by atoms with Crippen LogP contribution in [0.1, 0.15) is 36.9 Å². The van der Waals surface area contributed by atoms with E-state index in [1.807, 2.05) is 0 Å². The zero-order chi connectivity index (χ0) is 15.3. The molecule has 0 fully saturated rings. The van der Waals surface area contributed by atoms with Gasteiger partial charge in [0.2, 0.25) is 0 Å². The third-order valence-electron chi connectivity index (χ3n) is 3.24. The molecule has 0 spiro atoms. The first-order valence-corrected chi connectivity index (χ1v) is 8.25. The lowest BCUT2D eigenvalue weighted by atomic mass is 10.00. The molecule has 1 aromatic carbocycles. The molecule has 0 bridgehead atoms. The van der Waals surface area contributed by atoms with Crippen molar-refractivity contribution < 1.29 is 17.2 Å². The Labute approximate surface area is 118 Å². The molecule has 7 heteroatoms. The van der Waals surface area contributed by atoms with Crippen LogP contribution >= 0.6 is 0 Å². The van der Waals surface area contributed by atoms with E-state index in [1.54, 1.807) is 6.92 Å². The molecule has 4 nitrogen and oxygen atoms in total. The summed E-state index contributed by atoms with van der Waals surface area (Å²) in [6, 6.07) is 1.67. The molecule has 1 atom stereocenters. The summed E-state index contributed by atoms with van der Waals surface area (Å²) in [7, 11) is -3.05. The molecule has 0 amide bonds. The molecule has 0 aliphatic carbocycles. The van der Waals surface area contributed by atoms with E-state index in [2.05, 4.69) is 5.43 Å². The predicted octanol–water partition coefficient (Wildman–Crippen LogP) is 1.99. The summed E-state index contributed by atoms with van der Waals surface area (Å²) >= 11 is 0. The number of nitrogens with one attached hydrogen (secondary N) is 1. The smallest absolute Gasteiger partial charge is 0.150 e. The van der Waals surface area contributed by atoms with E-state index in [1.165, 1.54) is 13.0 Å². The minimum absolute atomic E-state index is 0.0312. The largest absolute Gasteiger partial charge is 0.271 e. The van der Waals surface area contributed by atoms with E-state index in [9.17, 15) is 17.2 Å². The number of hydrogen-bond donors (Lipinski definition) is 2. The van der Waals surface area contributed by atoms with E-state index in [-0.39, 0.29) is 17.1 Å². The van der Waals surface area contributed by atoms with Crippen molar-refractivity contribution in [3.63, 3.8) is 0 Å². The first-order valence-electron chi connectivity index (χ1n) is 6.42. The van der Waals surface area contributed by atoms with Crippen LogP contribution in [0.25, 0.3) is 0 Å². The van der Waals surface area contributed by atoms with Gasteiger partial charge in [-0.05, 0) is 31.4 Å². The Bertz CT molecular complexity index is 562. The maximum atomic E-state index is 13.7. The van der Waals surface area contributed by atoms with E-state index in [0.29, 0.717) is 18.4 Å². The topological polar surface area (TPSA) is 72.2 Å². The highest BCUT2D eigenvalue weighted by Gasteiger charge is 2.17. The van der Waals surface area contributed by atoms with Gasteiger partial charge in [0.1, 0.15) is 21.5 Å². The number of sulfone groups is 1. The standard InChI is InChI=1S/C13H20F2N2O2S/c1-3-20(18,19)6-4-5-13(17-16)10-7-9(2)11(14)8-12(10)15/h7-8,13,17H,3-6,16H2,1-2H3. The van der Waals surface area contributed by atoms with Crippen molar-refractivity contribution >= 4 is 9.84 Å². The Hall–Kier alpha value is -1.05. The highest BCUT2D eigenvalue weighted by molar-refractivity contribution is 7.91. The normalized spacial score (nSPS) is 13.4. The highest BCUT2D eigenvalue weighted by Crippen LogP contribution is 2.24. The van der Waals surface area contributed by atoms with Gasteiger partial charge in [0.05, 0.1) is 5.75 Å². The zero-order valence-corrected chi connectivity index (χ0v) is 12.4. The Morgan fingerprint density at radius 2 is 1.95 bits per heavy atom. The predicted molar refractivity (Wildman–Crippen MR) is 74.7 cm³/mol. The van der Waals surface area contributed by atoms with Gasteiger partial charge in [-0.2, -0.15) is 0 Å². The van der Waals surface area contributed by atoms with Gasteiger partial charge < -0.3 is 0 Å². The number of aryl methyl sites for hydroxylation is 1. The van der Waals surface area contributed by atoms with Crippen LogP contribution in [-0.2, 0) is 9.84 Å². The number of rotatable bonds is 7. The minimum atomic E-state index is -3.05. The molecule has 1 aromatic rings. The molecule has 0 aromatic heterocycles. The van der Waals surface area contributed by atoms with Gasteiger partial charge in [-0.3, -0.25) is 11.3 Å². The summed E-state index contributed by atoms with van der Waals surface area (Å²) in [5.74, 6) is 4.20. The fourth-order valence-corrected chi connectivity index (χ4v) is 2.82. The average molecular weight is 306 g/mol. The molecule has 0 radical (unpaired) electrons. The van der Waals surface area contributed by atoms with Crippen molar-refractivity contribution in [2.45, 2.75) is 32.7 Å². The summed E-state index contributed by atoms with van der Waals surface area (Å²) in [6.07, 6.45) is 0.721. The first kappa shape index (κ1) is 17.0. The van der Waals surface area contributed by atoms with Crippen molar-refractivity contribution in [1.82, 2.24) is 5.43 Å². The molecule has 1 unspecified atom stereocenters. The van der Waals surface area contributed by atoms with Crippen molar-refractivity contribution in [3.05, 3.63) is 34.9 Å². The van der Waals surface area contributed by atoms with Gasteiger partial charge >= 0.3 is 0 Å². The number of nitrogens with two attached hydrogens (primary N) is 1. The van der Waals surface area contributed by atoms with E-state index >= 15 is 0 Å². The molecule has 20 heavy (non-hydrogen) atoms. The van der Waals surface area contributed by atoms with Crippen LogP contribution < -0.4 is 11.3 Å². The van der Waals surface area contributed by atoms with Crippen molar-refractivity contribution in [2.24, 2.45) is 5.84 Å². The van der Waals surface area contributed by atoms with Crippen molar-refractivity contribution in [2.75, 3.05) is 11.5 Å². The van der Waals surface area contributed by atoms with Gasteiger partial charge in [-0.15, -0.1) is 0 Å². The van der Waals surface area contributed by atoms with Crippen LogP contribution in [0.4, 0.5) is 8.78 Å². The lowest BCUT2D eigenvalue weighted by molar-refractivity contribution is 0.474. The summed E-state index contributed by atoms with van der Waals surface area (Å²) in [4.78, 5) is 0. The lowest BCUT2D eigenvalue weighted by Gasteiger charge is -2.17. The third kappa shape index (κ3) is 4.50. The second-order valence-electron chi connectivity index (χ2n) is 4.72. The van der Waals surface area contributed by atoms with Crippen LogP contribution in [0.3, 0.4) is 0 Å². The second kappa shape index (κ2) is 7.10. The average Bonchev–Trinajstić information content (AvgIpc) is 2.39. The molecule has 0 saturated carbocycles.